The first kappa shape index (κ1) is 13.8. The van der Waals surface area contributed by atoms with Crippen LogP contribution >= 0.6 is 11.3 Å². The van der Waals surface area contributed by atoms with E-state index < -0.39 is 0 Å². The molecule has 0 aliphatic carbocycles. The van der Waals surface area contributed by atoms with Gasteiger partial charge in [0.05, 0.1) is 10.7 Å². The molecule has 0 atom stereocenters. The van der Waals surface area contributed by atoms with E-state index in [1.165, 1.54) is 5.56 Å². The quantitative estimate of drug-likeness (QED) is 0.773. The van der Waals surface area contributed by atoms with E-state index >= 15 is 0 Å². The normalized spacial score (nSPS) is 10.6. The first-order valence-corrected chi connectivity index (χ1v) is 7.77. The second-order valence-corrected chi connectivity index (χ2v) is 6.06. The first-order valence-electron chi connectivity index (χ1n) is 6.89. The van der Waals surface area contributed by atoms with Crippen LogP contribution in [-0.4, -0.2) is 9.97 Å². The van der Waals surface area contributed by atoms with Gasteiger partial charge < -0.3 is 5.32 Å². The summed E-state index contributed by atoms with van der Waals surface area (Å²) in [5.74, 6) is 0. The van der Waals surface area contributed by atoms with E-state index in [9.17, 15) is 0 Å². The van der Waals surface area contributed by atoms with Gasteiger partial charge in [0.1, 0.15) is 0 Å². The summed E-state index contributed by atoms with van der Waals surface area (Å²) >= 11 is 1.68. The molecule has 0 saturated carbocycles. The summed E-state index contributed by atoms with van der Waals surface area (Å²) in [5, 5.41) is 6.62. The number of aromatic nitrogens is 2. The number of benzene rings is 1. The van der Waals surface area contributed by atoms with E-state index in [1.807, 2.05) is 26.1 Å². The zero-order valence-electron chi connectivity index (χ0n) is 12.1. The van der Waals surface area contributed by atoms with Crippen molar-refractivity contribution in [1.29, 1.82) is 0 Å². The third-order valence-electron chi connectivity index (χ3n) is 3.25. The summed E-state index contributed by atoms with van der Waals surface area (Å²) in [6.07, 6.45) is 1.91. The van der Waals surface area contributed by atoms with Gasteiger partial charge >= 0.3 is 0 Å². The predicted octanol–water partition coefficient (Wildman–Crippen LogP) is 4.43. The fraction of sp³-hybridized carbons (Fsp3) is 0.176. The Balaban J connectivity index is 1.73. The minimum atomic E-state index is 0.771. The molecule has 1 N–H and O–H groups in total. The van der Waals surface area contributed by atoms with Gasteiger partial charge in [-0.15, -0.1) is 11.3 Å². The Bertz CT molecular complexity index is 732. The van der Waals surface area contributed by atoms with Crippen LogP contribution in [-0.2, 0) is 6.54 Å². The van der Waals surface area contributed by atoms with Crippen molar-refractivity contribution in [2.75, 3.05) is 5.32 Å². The lowest BCUT2D eigenvalue weighted by Crippen LogP contribution is -2.00. The number of pyridine rings is 1. The molecule has 106 valence electrons. The van der Waals surface area contributed by atoms with Gasteiger partial charge in [-0.2, -0.15) is 0 Å². The van der Waals surface area contributed by atoms with E-state index in [1.54, 1.807) is 11.3 Å². The fourth-order valence-corrected chi connectivity index (χ4v) is 2.71. The highest BCUT2D eigenvalue weighted by Gasteiger charge is 2.03. The number of nitrogens with one attached hydrogen (secondary N) is 1. The first-order chi connectivity index (χ1) is 10.2. The summed E-state index contributed by atoms with van der Waals surface area (Å²) in [6.45, 7) is 4.80. The summed E-state index contributed by atoms with van der Waals surface area (Å²) in [5.41, 5.74) is 5.50. The maximum atomic E-state index is 4.53. The molecule has 3 aromatic rings. The lowest BCUT2D eigenvalue weighted by molar-refractivity contribution is 1.09. The molecule has 0 amide bonds. The standard InChI is InChI=1S/C17H17N3S/c1-12-6-7-14(9-18-12)10-19-16-5-3-4-15(8-16)17-11-21-13(2)20-17/h3-9,11,19H,10H2,1-2H3. The second-order valence-electron chi connectivity index (χ2n) is 4.99. The largest absolute Gasteiger partial charge is 0.381 e. The van der Waals surface area contributed by atoms with Crippen LogP contribution in [0.4, 0.5) is 5.69 Å². The van der Waals surface area contributed by atoms with Gasteiger partial charge in [0, 0.05) is 35.1 Å². The molecular formula is C17H17N3S. The summed E-state index contributed by atoms with van der Waals surface area (Å²) in [4.78, 5) is 8.84. The molecule has 1 aromatic carbocycles. The van der Waals surface area contributed by atoms with E-state index in [0.29, 0.717) is 0 Å². The smallest absolute Gasteiger partial charge is 0.0901 e. The predicted molar refractivity (Wildman–Crippen MR) is 88.6 cm³/mol. The molecule has 3 rings (SSSR count). The maximum Gasteiger partial charge on any atom is 0.0901 e. The van der Waals surface area contributed by atoms with E-state index in [4.69, 9.17) is 0 Å². The maximum absolute atomic E-state index is 4.53. The van der Waals surface area contributed by atoms with Gasteiger partial charge in [0.25, 0.3) is 0 Å². The monoisotopic (exact) mass is 295 g/mol. The molecule has 0 fully saturated rings. The molecule has 3 nitrogen and oxygen atoms in total. The lowest BCUT2D eigenvalue weighted by Gasteiger charge is -2.08. The Morgan fingerprint density at radius 3 is 2.76 bits per heavy atom. The molecule has 0 saturated heterocycles. The van der Waals surface area contributed by atoms with Crippen molar-refractivity contribution in [1.82, 2.24) is 9.97 Å². The fourth-order valence-electron chi connectivity index (χ4n) is 2.09. The van der Waals surface area contributed by atoms with Crippen LogP contribution in [0.15, 0.2) is 48.0 Å². The molecule has 0 radical (unpaired) electrons. The average Bonchev–Trinajstić information content (AvgIpc) is 2.94. The zero-order chi connectivity index (χ0) is 14.7. The lowest BCUT2D eigenvalue weighted by atomic mass is 10.1. The molecule has 0 aliphatic rings. The van der Waals surface area contributed by atoms with Crippen molar-refractivity contribution in [2.24, 2.45) is 0 Å². The SMILES string of the molecule is Cc1ccc(CNc2cccc(-c3csc(C)n3)c2)cn1. The second kappa shape index (κ2) is 6.06. The molecule has 4 heteroatoms. The van der Waals surface area contributed by atoms with Crippen LogP contribution in [0.3, 0.4) is 0 Å². The van der Waals surface area contributed by atoms with Crippen molar-refractivity contribution in [3.63, 3.8) is 0 Å². The molecule has 21 heavy (non-hydrogen) atoms. The van der Waals surface area contributed by atoms with Gasteiger partial charge in [0.2, 0.25) is 0 Å². The Labute approximate surface area is 128 Å². The van der Waals surface area contributed by atoms with Crippen LogP contribution in [0.5, 0.6) is 0 Å². The van der Waals surface area contributed by atoms with Gasteiger partial charge in [-0.05, 0) is 37.6 Å². The highest BCUT2D eigenvalue weighted by molar-refractivity contribution is 7.09. The molecule has 2 aromatic heterocycles. The van der Waals surface area contributed by atoms with Gasteiger partial charge in [-0.25, -0.2) is 4.98 Å². The average molecular weight is 295 g/mol. The van der Waals surface area contributed by atoms with Crippen molar-refractivity contribution in [2.45, 2.75) is 20.4 Å². The third kappa shape index (κ3) is 3.47. The number of rotatable bonds is 4. The highest BCUT2D eigenvalue weighted by atomic mass is 32.1. The Morgan fingerprint density at radius 1 is 1.14 bits per heavy atom. The van der Waals surface area contributed by atoms with E-state index in [-0.39, 0.29) is 0 Å². The highest BCUT2D eigenvalue weighted by Crippen LogP contribution is 2.24. The van der Waals surface area contributed by atoms with Gasteiger partial charge in [0.15, 0.2) is 0 Å². The Morgan fingerprint density at radius 2 is 2.05 bits per heavy atom. The van der Waals surface area contributed by atoms with Crippen molar-refractivity contribution in [3.8, 4) is 11.3 Å². The van der Waals surface area contributed by atoms with Crippen LogP contribution in [0.2, 0.25) is 0 Å². The molecular weight excluding hydrogens is 278 g/mol. The number of aryl methyl sites for hydroxylation is 2. The van der Waals surface area contributed by atoms with Crippen molar-refractivity contribution in [3.05, 3.63) is 64.2 Å². The Hall–Kier alpha value is -2.20. The van der Waals surface area contributed by atoms with Crippen LogP contribution in [0.25, 0.3) is 11.3 Å². The van der Waals surface area contributed by atoms with Crippen molar-refractivity contribution >= 4 is 17.0 Å². The number of hydrogen-bond donors (Lipinski definition) is 1. The molecule has 2 heterocycles. The van der Waals surface area contributed by atoms with Gasteiger partial charge in [-0.1, -0.05) is 18.2 Å². The molecule has 0 aliphatic heterocycles. The van der Waals surface area contributed by atoms with Gasteiger partial charge in [-0.3, -0.25) is 4.98 Å². The number of hydrogen-bond acceptors (Lipinski definition) is 4. The summed E-state index contributed by atoms with van der Waals surface area (Å²) in [7, 11) is 0. The molecule has 0 unspecified atom stereocenters. The zero-order valence-corrected chi connectivity index (χ0v) is 12.9. The number of thiazole rings is 1. The topological polar surface area (TPSA) is 37.8 Å². The van der Waals surface area contributed by atoms with Crippen LogP contribution in [0.1, 0.15) is 16.3 Å². The number of anilines is 1. The molecule has 0 bridgehead atoms. The van der Waals surface area contributed by atoms with Crippen molar-refractivity contribution < 1.29 is 0 Å². The Kier molecular flexibility index (Phi) is 3.97. The van der Waals surface area contributed by atoms with E-state index in [0.717, 1.165) is 34.2 Å². The van der Waals surface area contributed by atoms with E-state index in [2.05, 4.69) is 51.0 Å². The number of nitrogens with zero attached hydrogens (tertiary/aromatic N) is 2. The van der Waals surface area contributed by atoms with Crippen LogP contribution < -0.4 is 5.32 Å². The minimum absolute atomic E-state index is 0.771. The third-order valence-corrected chi connectivity index (χ3v) is 4.02. The molecule has 0 spiro atoms. The summed E-state index contributed by atoms with van der Waals surface area (Å²) in [6, 6.07) is 12.5. The summed E-state index contributed by atoms with van der Waals surface area (Å²) < 4.78 is 0. The van der Waals surface area contributed by atoms with Crippen LogP contribution in [0, 0.1) is 13.8 Å². The minimum Gasteiger partial charge on any atom is -0.381 e.